The fraction of sp³-hybridized carbons (Fsp3) is 0.154. The summed E-state index contributed by atoms with van der Waals surface area (Å²) in [4.78, 5) is 17.3. The van der Waals surface area contributed by atoms with Gasteiger partial charge in [0.1, 0.15) is 17.1 Å². The molecule has 2 aromatic carbocycles. The average Bonchev–Trinajstić information content (AvgIpc) is 3.32. The van der Waals surface area contributed by atoms with Gasteiger partial charge >= 0.3 is 0 Å². The first-order valence-electron chi connectivity index (χ1n) is 10.9. The molecule has 0 aliphatic carbocycles. The SMILES string of the molecule is COc1ccc(-n2c(SCc3cc(=O)n4cccc(C)c4n3)nnc2-c2ccccc2OC)cc1. The van der Waals surface area contributed by atoms with Crippen LogP contribution in [0.2, 0.25) is 0 Å². The predicted octanol–water partition coefficient (Wildman–Crippen LogP) is 4.56. The van der Waals surface area contributed by atoms with E-state index in [2.05, 4.69) is 10.2 Å². The number of hydrogen-bond acceptors (Lipinski definition) is 7. The van der Waals surface area contributed by atoms with Crippen molar-refractivity contribution in [2.24, 2.45) is 0 Å². The minimum absolute atomic E-state index is 0.111. The van der Waals surface area contributed by atoms with Gasteiger partial charge in [0.15, 0.2) is 11.0 Å². The van der Waals surface area contributed by atoms with Crippen molar-refractivity contribution in [2.75, 3.05) is 14.2 Å². The van der Waals surface area contributed by atoms with Gasteiger partial charge in [0.05, 0.1) is 31.2 Å². The first-order valence-corrected chi connectivity index (χ1v) is 11.9. The summed E-state index contributed by atoms with van der Waals surface area (Å²) in [6.45, 7) is 1.94. The highest BCUT2D eigenvalue weighted by Crippen LogP contribution is 2.34. The first kappa shape index (κ1) is 22.7. The Balaban J connectivity index is 1.56. The lowest BCUT2D eigenvalue weighted by Gasteiger charge is -2.13. The quantitative estimate of drug-likeness (QED) is 0.313. The summed E-state index contributed by atoms with van der Waals surface area (Å²) in [5.41, 5.74) is 3.86. The zero-order valence-corrected chi connectivity index (χ0v) is 20.3. The van der Waals surface area contributed by atoms with E-state index in [-0.39, 0.29) is 5.56 Å². The number of methoxy groups -OCH3 is 2. The van der Waals surface area contributed by atoms with Crippen molar-refractivity contribution in [1.29, 1.82) is 0 Å². The maximum atomic E-state index is 12.6. The zero-order valence-electron chi connectivity index (χ0n) is 19.5. The summed E-state index contributed by atoms with van der Waals surface area (Å²) in [7, 11) is 3.27. The molecule has 0 bridgehead atoms. The van der Waals surface area contributed by atoms with E-state index in [9.17, 15) is 4.79 Å². The Hall–Kier alpha value is -4.11. The molecule has 0 saturated heterocycles. The number of pyridine rings is 1. The summed E-state index contributed by atoms with van der Waals surface area (Å²) in [6, 6.07) is 20.7. The number of rotatable bonds is 7. The third-order valence-electron chi connectivity index (χ3n) is 5.60. The fourth-order valence-corrected chi connectivity index (χ4v) is 4.70. The summed E-state index contributed by atoms with van der Waals surface area (Å²) >= 11 is 1.46. The fourth-order valence-electron chi connectivity index (χ4n) is 3.85. The number of hydrogen-bond donors (Lipinski definition) is 0. The van der Waals surface area contributed by atoms with Crippen molar-refractivity contribution >= 4 is 17.4 Å². The second kappa shape index (κ2) is 9.63. The lowest BCUT2D eigenvalue weighted by atomic mass is 10.2. The highest BCUT2D eigenvalue weighted by atomic mass is 32.2. The molecule has 0 spiro atoms. The lowest BCUT2D eigenvalue weighted by molar-refractivity contribution is 0.414. The number of para-hydroxylation sites is 1. The maximum Gasteiger partial charge on any atom is 0.258 e. The molecule has 35 heavy (non-hydrogen) atoms. The molecule has 3 heterocycles. The number of aromatic nitrogens is 5. The van der Waals surface area contributed by atoms with E-state index >= 15 is 0 Å². The smallest absolute Gasteiger partial charge is 0.258 e. The van der Waals surface area contributed by atoms with Crippen molar-refractivity contribution in [1.82, 2.24) is 24.1 Å². The number of benzene rings is 2. The Bertz CT molecular complexity index is 1560. The zero-order chi connectivity index (χ0) is 24.4. The Labute approximate surface area is 206 Å². The van der Waals surface area contributed by atoms with Crippen LogP contribution in [0.25, 0.3) is 22.7 Å². The van der Waals surface area contributed by atoms with E-state index in [1.165, 1.54) is 11.8 Å². The molecule has 0 amide bonds. The van der Waals surface area contributed by atoms with Crippen LogP contribution in [0, 0.1) is 6.92 Å². The monoisotopic (exact) mass is 485 g/mol. The molecule has 176 valence electrons. The maximum absolute atomic E-state index is 12.6. The third kappa shape index (κ3) is 4.38. The molecule has 0 atom stereocenters. The molecule has 0 unspecified atom stereocenters. The summed E-state index contributed by atoms with van der Waals surface area (Å²) in [5.74, 6) is 2.56. The van der Waals surface area contributed by atoms with Crippen LogP contribution in [-0.2, 0) is 5.75 Å². The van der Waals surface area contributed by atoms with Crippen LogP contribution in [0.5, 0.6) is 11.5 Å². The molecule has 9 heteroatoms. The van der Waals surface area contributed by atoms with Gasteiger partial charge in [0.25, 0.3) is 5.56 Å². The van der Waals surface area contributed by atoms with Crippen molar-refractivity contribution in [3.63, 3.8) is 0 Å². The molecule has 0 radical (unpaired) electrons. The topological polar surface area (TPSA) is 83.5 Å². The van der Waals surface area contributed by atoms with Crippen LogP contribution in [0.15, 0.2) is 82.9 Å². The number of aryl methyl sites for hydroxylation is 1. The van der Waals surface area contributed by atoms with Crippen LogP contribution < -0.4 is 15.0 Å². The molecule has 5 aromatic rings. The van der Waals surface area contributed by atoms with E-state index < -0.39 is 0 Å². The van der Waals surface area contributed by atoms with Crippen molar-refractivity contribution in [3.05, 3.63) is 94.5 Å². The van der Waals surface area contributed by atoms with Crippen LogP contribution >= 0.6 is 11.8 Å². The Morgan fingerprint density at radius 3 is 2.51 bits per heavy atom. The molecule has 0 saturated carbocycles. The van der Waals surface area contributed by atoms with Gasteiger partial charge in [-0.25, -0.2) is 4.98 Å². The minimum Gasteiger partial charge on any atom is -0.497 e. The Morgan fingerprint density at radius 1 is 0.943 bits per heavy atom. The van der Waals surface area contributed by atoms with Gasteiger partial charge in [-0.3, -0.25) is 13.8 Å². The van der Waals surface area contributed by atoms with Crippen LogP contribution in [0.4, 0.5) is 0 Å². The molecule has 0 aliphatic rings. The largest absolute Gasteiger partial charge is 0.497 e. The molecule has 0 aliphatic heterocycles. The minimum atomic E-state index is -0.111. The number of thioether (sulfide) groups is 1. The van der Waals surface area contributed by atoms with Gasteiger partial charge in [-0.05, 0) is 55.0 Å². The third-order valence-corrected chi connectivity index (χ3v) is 6.56. The van der Waals surface area contributed by atoms with E-state index in [1.807, 2.05) is 72.2 Å². The Kier molecular flexibility index (Phi) is 6.24. The molecular weight excluding hydrogens is 462 g/mol. The summed E-state index contributed by atoms with van der Waals surface area (Å²) in [5, 5.41) is 9.65. The normalized spacial score (nSPS) is 11.1. The van der Waals surface area contributed by atoms with Gasteiger partial charge in [-0.2, -0.15) is 0 Å². The van der Waals surface area contributed by atoms with Crippen molar-refractivity contribution in [2.45, 2.75) is 17.8 Å². The molecular formula is C26H23N5O3S. The van der Waals surface area contributed by atoms with E-state index in [1.54, 1.807) is 30.9 Å². The van der Waals surface area contributed by atoms with Gasteiger partial charge in [-0.15, -0.1) is 10.2 Å². The van der Waals surface area contributed by atoms with Gasteiger partial charge < -0.3 is 9.47 Å². The van der Waals surface area contributed by atoms with Crippen LogP contribution in [0.3, 0.4) is 0 Å². The molecule has 5 rings (SSSR count). The number of nitrogens with zero attached hydrogens (tertiary/aromatic N) is 5. The predicted molar refractivity (Wildman–Crippen MR) is 136 cm³/mol. The number of fused-ring (bicyclic) bond motifs is 1. The van der Waals surface area contributed by atoms with Crippen molar-refractivity contribution in [3.8, 4) is 28.6 Å². The lowest BCUT2D eigenvalue weighted by Crippen LogP contribution is -2.15. The number of ether oxygens (including phenoxy) is 2. The summed E-state index contributed by atoms with van der Waals surface area (Å²) in [6.07, 6.45) is 1.73. The van der Waals surface area contributed by atoms with E-state index in [4.69, 9.17) is 14.5 Å². The Morgan fingerprint density at radius 2 is 1.74 bits per heavy atom. The van der Waals surface area contributed by atoms with Gasteiger partial charge in [0.2, 0.25) is 0 Å². The second-order valence-corrected chi connectivity index (χ2v) is 8.74. The summed E-state index contributed by atoms with van der Waals surface area (Å²) < 4.78 is 14.4. The highest BCUT2D eigenvalue weighted by molar-refractivity contribution is 7.98. The van der Waals surface area contributed by atoms with Gasteiger partial charge in [-0.1, -0.05) is 30.0 Å². The first-order chi connectivity index (χ1) is 17.1. The van der Waals surface area contributed by atoms with Crippen LogP contribution in [-0.4, -0.2) is 38.4 Å². The second-order valence-electron chi connectivity index (χ2n) is 7.80. The molecule has 3 aromatic heterocycles. The highest BCUT2D eigenvalue weighted by Gasteiger charge is 2.19. The standard InChI is InChI=1S/C26H23N5O3S/c1-17-7-6-14-30-23(32)15-18(27-24(17)30)16-35-26-29-28-25(21-8-4-5-9-22(21)34-3)31(26)19-10-12-20(33-2)13-11-19/h4-15H,16H2,1-3H3. The van der Waals surface area contributed by atoms with Gasteiger partial charge in [0, 0.05) is 18.0 Å². The molecule has 8 nitrogen and oxygen atoms in total. The molecule has 0 N–H and O–H groups in total. The van der Waals surface area contributed by atoms with Crippen LogP contribution in [0.1, 0.15) is 11.3 Å². The van der Waals surface area contributed by atoms with E-state index in [0.717, 1.165) is 22.6 Å². The molecule has 0 fully saturated rings. The van der Waals surface area contributed by atoms with E-state index in [0.29, 0.717) is 33.8 Å². The van der Waals surface area contributed by atoms with Crippen molar-refractivity contribution < 1.29 is 9.47 Å². The average molecular weight is 486 g/mol.